The minimum Gasteiger partial charge on any atom is -0.458 e. The van der Waals surface area contributed by atoms with E-state index in [1.54, 1.807) is 0 Å². The van der Waals surface area contributed by atoms with Gasteiger partial charge in [0.15, 0.2) is 0 Å². The number of ether oxygens (including phenoxy) is 1. The third kappa shape index (κ3) is 12.7. The normalized spacial score (nSPS) is 14.3. The molecule has 1 spiro atoms. The largest absolute Gasteiger partial charge is 0.458 e. The van der Waals surface area contributed by atoms with Gasteiger partial charge in [-0.2, -0.15) is 0 Å². The molecule has 135 heavy (non-hydrogen) atoms. The summed E-state index contributed by atoms with van der Waals surface area (Å²) in [6.07, 6.45) is 0. The molecular weight excluding hydrogens is 1630 g/mol. The molecule has 6 heteroatoms. The maximum absolute atomic E-state index is 9.46. The molecule has 646 valence electrons. The molecule has 0 saturated heterocycles. The van der Waals surface area contributed by atoms with Gasteiger partial charge in [-0.15, -0.1) is 0 Å². The summed E-state index contributed by atoms with van der Waals surface area (Å²) in [5, 5.41) is 2.10. The molecule has 25 rings (SSSR count). The van der Waals surface area contributed by atoms with E-state index in [2.05, 4.69) is 462 Å². The van der Waals surface area contributed by atoms with Gasteiger partial charge in [0.25, 0.3) is 13.4 Å². The minimum atomic E-state index is -0.626. The molecule has 0 aromatic heterocycles. The fourth-order valence-corrected chi connectivity index (χ4v) is 23.2. The number of para-hydroxylation sites is 2. The number of fused-ring (bicyclic) bond motifs is 20. The molecule has 0 radical (unpaired) electrons. The Labute approximate surface area is 801 Å². The first-order valence-corrected chi connectivity index (χ1v) is 47.7. The van der Waals surface area contributed by atoms with Crippen LogP contribution < -0.4 is 52.2 Å². The molecule has 0 atom stereocenters. The topological polar surface area (TPSA) is 19.0 Å². The highest BCUT2D eigenvalue weighted by Gasteiger charge is 2.54. The highest BCUT2D eigenvalue weighted by Crippen LogP contribution is 2.66. The summed E-state index contributed by atoms with van der Waals surface area (Å²) >= 11 is 0. The first kappa shape index (κ1) is 76.3. The van der Waals surface area contributed by atoms with Crippen molar-refractivity contribution in [2.45, 2.75) is 110 Å². The maximum Gasteiger partial charge on any atom is 0.256 e. The Morgan fingerprint density at radius 2 is 0.667 bits per heavy atom. The number of nitrogens with zero attached hydrogens (tertiary/aromatic N) is 3. The smallest absolute Gasteiger partial charge is 0.256 e. The summed E-state index contributed by atoms with van der Waals surface area (Å²) in [5.74, 6) is 1.46. The molecule has 4 aliphatic heterocycles. The number of rotatable bonds is 10. The van der Waals surface area contributed by atoms with Gasteiger partial charge < -0.3 is 19.4 Å². The van der Waals surface area contributed by atoms with Crippen molar-refractivity contribution in [1.29, 1.82) is 0 Å². The van der Waals surface area contributed by atoms with E-state index in [1.165, 1.54) is 66.8 Å². The molecule has 0 fully saturated rings. The number of benzene rings is 19. The maximum atomic E-state index is 9.46. The van der Waals surface area contributed by atoms with Crippen LogP contribution in [0.2, 0.25) is 0 Å². The van der Waals surface area contributed by atoms with Crippen LogP contribution in [0.15, 0.2) is 406 Å². The van der Waals surface area contributed by atoms with Gasteiger partial charge in [-0.3, -0.25) is 0 Å². The second-order valence-electron chi connectivity index (χ2n) is 41.8. The molecule has 19 aromatic rings. The van der Waals surface area contributed by atoms with Crippen LogP contribution in [0.3, 0.4) is 0 Å². The fourth-order valence-electron chi connectivity index (χ4n) is 23.2. The van der Waals surface area contributed by atoms with Crippen LogP contribution in [0.25, 0.3) is 111 Å². The summed E-state index contributed by atoms with van der Waals surface area (Å²) in [7, 11) is 0. The van der Waals surface area contributed by atoms with E-state index in [4.69, 9.17) is 8.85 Å². The highest BCUT2D eigenvalue weighted by atomic mass is 16.5. The Morgan fingerprint density at radius 3 is 1.18 bits per heavy atom. The molecule has 4 nitrogen and oxygen atoms in total. The van der Waals surface area contributed by atoms with Crippen LogP contribution in [0.4, 0.5) is 51.2 Å². The second-order valence-corrected chi connectivity index (χ2v) is 41.8. The van der Waals surface area contributed by atoms with Gasteiger partial charge in [0.2, 0.25) is 0 Å². The predicted octanol–water partition coefficient (Wildman–Crippen LogP) is 30.5. The summed E-state index contributed by atoms with van der Waals surface area (Å²) < 4.78 is 54.1. The van der Waals surface area contributed by atoms with E-state index < -0.39 is 24.9 Å². The lowest BCUT2D eigenvalue weighted by molar-refractivity contribution is 0.488. The van der Waals surface area contributed by atoms with Gasteiger partial charge in [0.05, 0.1) is 29.3 Å². The molecule has 2 aliphatic carbocycles. The zero-order valence-electron chi connectivity index (χ0n) is 83.2. The Bertz CT molecular complexity index is 8210. The van der Waals surface area contributed by atoms with Crippen LogP contribution in [-0.2, 0) is 27.1 Å². The van der Waals surface area contributed by atoms with E-state index in [1.807, 2.05) is 12.1 Å². The van der Waals surface area contributed by atoms with Crippen LogP contribution in [0.5, 0.6) is 11.5 Å². The van der Waals surface area contributed by atoms with Crippen molar-refractivity contribution in [2.75, 3.05) is 14.7 Å². The number of hydrogen-bond acceptors (Lipinski definition) is 4. The van der Waals surface area contributed by atoms with Gasteiger partial charge in [0.1, 0.15) is 11.5 Å². The molecule has 0 saturated carbocycles. The van der Waals surface area contributed by atoms with Crippen molar-refractivity contribution in [3.05, 3.63) is 451 Å². The van der Waals surface area contributed by atoms with Gasteiger partial charge in [0, 0.05) is 67.8 Å². The molecule has 0 N–H and O–H groups in total. The van der Waals surface area contributed by atoms with Crippen LogP contribution in [0.1, 0.15) is 134 Å². The molecular formula is C129H103B2N3O. The van der Waals surface area contributed by atoms with E-state index in [-0.39, 0.29) is 51.4 Å². The zero-order valence-corrected chi connectivity index (χ0v) is 78.2. The summed E-state index contributed by atoms with van der Waals surface area (Å²) in [4.78, 5) is 7.72. The third-order valence-electron chi connectivity index (χ3n) is 29.7. The SMILES string of the molecule is [2H]c1c([2H])c([2H])c(-c2ccc(N3c4cc5c(cc4B4c6ccccc6N(c6c(-c7ccccc7)cc(C(C)(C)C)cc6-c6ccccc6)c6cc(-c7cc(C(C)(C)C)cc(C(C)(C)C)c7)cc3c64)B3c4ccccc4N(c4c(-c6ccccc6)cc(C(C)(C)C)cc4-c4ccccc4)c4c3c(cc3cc(-c6cccc7c6C6(c8ccccc8-c8ccccc86)c6ccccc6-7)ccc43)O5)cc2)c([2H])c1[2H]. The Balaban J connectivity index is 0.798. The van der Waals surface area contributed by atoms with Crippen molar-refractivity contribution in [3.63, 3.8) is 0 Å². The van der Waals surface area contributed by atoms with Crippen LogP contribution in [-0.4, -0.2) is 13.4 Å². The molecule has 6 aliphatic rings. The van der Waals surface area contributed by atoms with Gasteiger partial charge in [-0.05, 0) is 255 Å². The van der Waals surface area contributed by atoms with Crippen molar-refractivity contribution >= 4 is 108 Å². The fraction of sp³-hybridized carbons (Fsp3) is 0.132. The second kappa shape index (κ2) is 30.4. The Kier molecular flexibility index (Phi) is 17.2. The Morgan fingerprint density at radius 1 is 0.252 bits per heavy atom. The lowest BCUT2D eigenvalue weighted by Crippen LogP contribution is -2.64. The van der Waals surface area contributed by atoms with E-state index >= 15 is 0 Å². The first-order chi connectivity index (χ1) is 67.6. The van der Waals surface area contributed by atoms with E-state index in [9.17, 15) is 2.74 Å². The first-order valence-electron chi connectivity index (χ1n) is 50.2. The predicted molar refractivity (Wildman–Crippen MR) is 573 cm³/mol. The summed E-state index contributed by atoms with van der Waals surface area (Å²) in [6.45, 7) is 27.0. The molecule has 0 amide bonds. The average molecular weight is 1740 g/mol. The minimum absolute atomic E-state index is 0.135. The van der Waals surface area contributed by atoms with Crippen molar-refractivity contribution in [1.82, 2.24) is 0 Å². The van der Waals surface area contributed by atoms with Crippen LogP contribution in [0, 0.1) is 0 Å². The van der Waals surface area contributed by atoms with Crippen LogP contribution >= 0.6 is 0 Å². The van der Waals surface area contributed by atoms with Gasteiger partial charge >= 0.3 is 0 Å². The number of hydrogen-bond donors (Lipinski definition) is 0. The van der Waals surface area contributed by atoms with Gasteiger partial charge in [-0.1, -0.05) is 411 Å². The lowest BCUT2D eigenvalue weighted by Gasteiger charge is -2.46. The van der Waals surface area contributed by atoms with E-state index in [0.29, 0.717) is 11.3 Å². The lowest BCUT2D eigenvalue weighted by atomic mass is 9.30. The average Bonchev–Trinajstić information content (AvgIpc) is 1.42. The van der Waals surface area contributed by atoms with Crippen molar-refractivity contribution < 1.29 is 11.6 Å². The summed E-state index contributed by atoms with van der Waals surface area (Å²) in [6, 6.07) is 140. The zero-order chi connectivity index (χ0) is 95.8. The molecule has 0 unspecified atom stereocenters. The third-order valence-corrected chi connectivity index (χ3v) is 29.7. The Hall–Kier alpha value is -15.2. The highest BCUT2D eigenvalue weighted by molar-refractivity contribution is 7.03. The molecule has 0 bridgehead atoms. The monoisotopic (exact) mass is 1740 g/mol. The van der Waals surface area contributed by atoms with Crippen molar-refractivity contribution in [2.24, 2.45) is 0 Å². The molecule has 4 heterocycles. The quantitative estimate of drug-likeness (QED) is 0.127. The molecule has 19 aromatic carbocycles. The number of anilines is 9. The van der Waals surface area contributed by atoms with Gasteiger partial charge in [-0.25, -0.2) is 0 Å². The standard InChI is InChI=1S/C129H103B2N3O/c1-125(2,3)90-68-87(69-91(73-90)126(4,5)6)88-70-115-120-116(71-88)133(122-101(82-41-20-14-21-42-82)74-92(127(7,8)9)75-102(122)83-43-22-15-23-44-83)112-59-36-34-57-108(112)130(120)110-78-111-117(79-114(110)132(115)94-64-61-81(62-65-94)80-39-18-13-19-40-80)135-118-72-89-67-86(95-52-38-53-100-99-51-30-33-56-107(99)129(119(95)100)105-54-31-28-49-97(105)98-50-29-32-55-106(98)129)63-66-96(89)124-121(118)131(111)109-58-35-37-60-113(109)134(124)123-103(84-45-24-16-25-46-84)76-93(128(10,11)12)77-104(123)85-47-26-17-27-48-85/h13-79H,1-12H3/i13D,18D,19D,39D,40D. The summed E-state index contributed by atoms with van der Waals surface area (Å²) in [5.41, 5.74) is 42.7. The van der Waals surface area contributed by atoms with Crippen molar-refractivity contribution in [3.8, 4) is 112 Å². The van der Waals surface area contributed by atoms with E-state index in [0.717, 1.165) is 167 Å².